The molecule has 0 radical (unpaired) electrons. The highest BCUT2D eigenvalue weighted by Crippen LogP contribution is 2.43. The van der Waals surface area contributed by atoms with Crippen molar-refractivity contribution in [3.8, 4) is 28.2 Å². The number of carboxylic acids is 2. The van der Waals surface area contributed by atoms with Crippen LogP contribution >= 0.6 is 0 Å². The molecule has 4 aromatic carbocycles. The van der Waals surface area contributed by atoms with Crippen LogP contribution in [0.4, 0.5) is 43.7 Å². The summed E-state index contributed by atoms with van der Waals surface area (Å²) in [6, 6.07) is 19.3. The number of carbonyl (C=O) groups is 7. The first-order valence-electron chi connectivity index (χ1n) is 36.4. The van der Waals surface area contributed by atoms with Crippen molar-refractivity contribution in [1.82, 2.24) is 71.4 Å². The van der Waals surface area contributed by atoms with E-state index in [0.29, 0.717) is 110 Å². The van der Waals surface area contributed by atoms with E-state index < -0.39 is 64.6 Å². The minimum Gasteiger partial charge on any atom is -0.505 e. The second-order valence-electron chi connectivity index (χ2n) is 26.8. The predicted octanol–water partition coefficient (Wildman–Crippen LogP) is 5.89. The van der Waals surface area contributed by atoms with E-state index in [-0.39, 0.29) is 132 Å². The van der Waals surface area contributed by atoms with E-state index in [2.05, 4.69) is 71.4 Å². The first-order valence-corrected chi connectivity index (χ1v) is 36.4. The van der Waals surface area contributed by atoms with Crippen LogP contribution in [0.3, 0.4) is 0 Å². The summed E-state index contributed by atoms with van der Waals surface area (Å²) in [4.78, 5) is 142. The monoisotopic (exact) mass is 1550 g/mol. The number of nitrogen functional groups attached to an aromatic ring is 4. The van der Waals surface area contributed by atoms with Crippen molar-refractivity contribution < 1.29 is 71.6 Å². The summed E-state index contributed by atoms with van der Waals surface area (Å²) in [5, 5.41) is 43.8. The molecule has 0 bridgehead atoms. The number of phenolic OH excluding ortho intramolecular Hbond substituents is 1. The van der Waals surface area contributed by atoms with Crippen molar-refractivity contribution in [2.24, 2.45) is 0 Å². The Hall–Kier alpha value is -13.0. The molecule has 2 unspecified atom stereocenters. The molecular formula is C77H88F2N20O14. The first kappa shape index (κ1) is 82.5. The summed E-state index contributed by atoms with van der Waals surface area (Å²) >= 11 is 0. The third kappa shape index (κ3) is 22.8. The molecule has 0 saturated heterocycles. The standard InChI is InChI=1S/C77H88F2N20O14/c1-43-34-46(14-19-51(43)64-52-35-54(78)58(100)37-60(52)113-61-38-59(101)55(79)36-53(61)64)71(104)86-26-30-111-32-33-112-31-29-99(27-8-4-6-24-84-62(102)22-20-56(74(107)108)91-72(105)44-10-15-49(16-11-44)97(2)41-47-39-87-69-65(89-47)67(80)93-76(82)95-69)28-9-5-7-25-85-63(103)23-21-57(75(109)110)92-73(106)45-12-17-50(18-13-45)98(3)42-48-40-88-70-66(90-48)68(81)94-77(83)96-70/h10-19,34-40,56-57,100H,4-9,20-33,41-42H2,1-3H3,(H,84,102)(H,85,103)(H,86,104)(H,91,105)(H,92,106)(H,107,108)(H,109,110)(H4,80,82,87,93,95)(H4,81,83,88,94,96). The van der Waals surface area contributed by atoms with E-state index >= 15 is 0 Å². The number of anilines is 6. The Labute approximate surface area is 645 Å². The molecule has 34 nitrogen and oxygen atoms in total. The van der Waals surface area contributed by atoms with Crippen LogP contribution in [0, 0.1) is 18.6 Å². The summed E-state index contributed by atoms with van der Waals surface area (Å²) in [6.45, 7) is 6.17. The minimum atomic E-state index is -1.34. The molecule has 36 heteroatoms. The number of benzene rings is 5. The van der Waals surface area contributed by atoms with E-state index in [4.69, 9.17) is 36.8 Å². The van der Waals surface area contributed by atoms with Gasteiger partial charge in [-0.25, -0.2) is 38.3 Å². The number of aryl methyl sites for hydroxylation is 1. The number of ether oxygens (including phenoxy) is 2. The Morgan fingerprint density at radius 1 is 0.540 bits per heavy atom. The molecule has 2 atom stereocenters. The van der Waals surface area contributed by atoms with Gasteiger partial charge < -0.3 is 93.4 Å². The number of hydrogen-bond donors (Lipinski definition) is 12. The van der Waals surface area contributed by atoms with E-state index in [1.54, 1.807) is 86.0 Å². The Balaban J connectivity index is 0.639. The second-order valence-corrected chi connectivity index (χ2v) is 26.8. The van der Waals surface area contributed by atoms with Crippen LogP contribution in [0.25, 0.3) is 55.7 Å². The van der Waals surface area contributed by atoms with Crippen molar-refractivity contribution in [2.45, 2.75) is 96.3 Å². The lowest BCUT2D eigenvalue weighted by Gasteiger charge is -2.22. The molecule has 8 aromatic rings. The van der Waals surface area contributed by atoms with E-state index in [0.717, 1.165) is 61.3 Å². The van der Waals surface area contributed by atoms with Gasteiger partial charge in [-0.2, -0.15) is 19.9 Å². The number of halogens is 2. The van der Waals surface area contributed by atoms with Crippen molar-refractivity contribution in [2.75, 3.05) is 113 Å². The normalized spacial score (nSPS) is 11.9. The van der Waals surface area contributed by atoms with Crippen LogP contribution in [-0.4, -0.2) is 193 Å². The molecule has 0 spiro atoms. The van der Waals surface area contributed by atoms with Crippen LogP contribution in [0.1, 0.15) is 112 Å². The van der Waals surface area contributed by atoms with E-state index in [1.807, 2.05) is 23.9 Å². The molecule has 5 heterocycles. The van der Waals surface area contributed by atoms with Crippen LogP contribution in [0.2, 0.25) is 0 Å². The quantitative estimate of drug-likeness (QED) is 0.0157. The van der Waals surface area contributed by atoms with Crippen LogP contribution in [0.5, 0.6) is 5.75 Å². The number of fused-ring (bicyclic) bond motifs is 4. The number of carbonyl (C=O) groups excluding carboxylic acids is 5. The Bertz CT molecular complexity index is 4920. The van der Waals surface area contributed by atoms with Gasteiger partial charge in [0, 0.05) is 110 Å². The van der Waals surface area contributed by atoms with E-state index in [9.17, 15) is 62.5 Å². The summed E-state index contributed by atoms with van der Waals surface area (Å²) in [7, 11) is 3.62. The molecule has 1 aliphatic carbocycles. The van der Waals surface area contributed by atoms with Gasteiger partial charge in [0.25, 0.3) is 17.7 Å². The largest absolute Gasteiger partial charge is 0.505 e. The maximum atomic E-state index is 14.7. The topological polar surface area (TPSA) is 506 Å². The van der Waals surface area contributed by atoms with Crippen molar-refractivity contribution in [3.63, 3.8) is 0 Å². The predicted molar refractivity (Wildman–Crippen MR) is 416 cm³/mol. The third-order valence-corrected chi connectivity index (χ3v) is 18.5. The highest BCUT2D eigenvalue weighted by atomic mass is 19.1. The van der Waals surface area contributed by atoms with Gasteiger partial charge in [0.15, 0.2) is 51.3 Å². The number of nitrogens with one attached hydrogen (secondary N) is 5. The van der Waals surface area contributed by atoms with Gasteiger partial charge in [0.2, 0.25) is 29.1 Å². The maximum absolute atomic E-state index is 14.7. The number of aromatic hydroxyl groups is 1. The number of rotatable bonds is 41. The fourth-order valence-electron chi connectivity index (χ4n) is 12.4. The fraction of sp³-hybridized carbons (Fsp3) is 0.351. The Morgan fingerprint density at radius 3 is 1.55 bits per heavy atom. The van der Waals surface area contributed by atoms with Gasteiger partial charge in [-0.3, -0.25) is 28.8 Å². The average Bonchev–Trinajstić information content (AvgIpc) is 0.742. The van der Waals surface area contributed by atoms with Crippen LogP contribution < -0.4 is 64.7 Å². The lowest BCUT2D eigenvalue weighted by Crippen LogP contribution is -2.41. The molecule has 0 saturated carbocycles. The van der Waals surface area contributed by atoms with E-state index in [1.165, 1.54) is 0 Å². The molecular weight excluding hydrogens is 1470 g/mol. The van der Waals surface area contributed by atoms with Crippen molar-refractivity contribution in [1.29, 1.82) is 0 Å². The Morgan fingerprint density at radius 2 is 1.04 bits per heavy atom. The molecule has 4 aromatic heterocycles. The second kappa shape index (κ2) is 39.1. The van der Waals surface area contributed by atoms with Crippen LogP contribution in [-0.2, 0) is 41.7 Å². The molecule has 113 heavy (non-hydrogen) atoms. The lowest BCUT2D eigenvalue weighted by molar-refractivity contribution is -0.140. The van der Waals surface area contributed by atoms with Gasteiger partial charge in [-0.15, -0.1) is 0 Å². The number of nitrogens with two attached hydrogens (primary N) is 4. The molecule has 16 N–H and O–H groups in total. The molecule has 5 amide bonds. The zero-order valence-corrected chi connectivity index (χ0v) is 62.3. The summed E-state index contributed by atoms with van der Waals surface area (Å²) in [5.74, 6) is -7.44. The summed E-state index contributed by atoms with van der Waals surface area (Å²) < 4.78 is 46.9. The zero-order valence-electron chi connectivity index (χ0n) is 62.3. The third-order valence-electron chi connectivity index (χ3n) is 18.5. The van der Waals surface area contributed by atoms with Gasteiger partial charge in [-0.1, -0.05) is 18.9 Å². The molecule has 10 rings (SSSR count). The molecule has 1 aliphatic heterocycles. The number of aliphatic carboxylic acids is 2. The van der Waals surface area contributed by atoms with Crippen molar-refractivity contribution >= 4 is 110 Å². The molecule has 0 fully saturated rings. The zero-order chi connectivity index (χ0) is 80.8. The Kier molecular flexibility index (Phi) is 28.6. The smallest absolute Gasteiger partial charge is 0.326 e. The first-order chi connectivity index (χ1) is 54.2. The number of carboxylic acid groups (broad SMARTS) is 2. The minimum absolute atomic E-state index is 0.0184. The fourth-order valence-corrected chi connectivity index (χ4v) is 12.4. The van der Waals surface area contributed by atoms with Gasteiger partial charge in [0.1, 0.15) is 23.4 Å². The lowest BCUT2D eigenvalue weighted by atomic mass is 9.90. The maximum Gasteiger partial charge on any atom is 0.326 e. The van der Waals surface area contributed by atoms with Crippen molar-refractivity contribution in [3.05, 3.63) is 159 Å². The highest BCUT2D eigenvalue weighted by molar-refractivity contribution is 6.04. The highest BCUT2D eigenvalue weighted by Gasteiger charge is 2.27. The number of phenols is 1. The number of aromatic nitrogens is 8. The summed E-state index contributed by atoms with van der Waals surface area (Å²) in [5.41, 5.74) is 28.5. The number of hydrogen-bond acceptors (Lipinski definition) is 27. The summed E-state index contributed by atoms with van der Waals surface area (Å²) in [6.07, 6.45) is 6.78. The van der Waals surface area contributed by atoms with Gasteiger partial charge >= 0.3 is 11.9 Å². The number of nitrogens with zero attached hydrogens (tertiary/aromatic N) is 11. The SMILES string of the molecule is Cc1cc(C(=O)NCCOCCOCCN(CCCCCNC(=O)CCC(NC(=O)c2ccc(N(C)Cc3cnc4nc(N)nc(N)c4n3)cc2)C(=O)O)CCCCCNC(=O)CCC(NC(=O)c2ccc(N(C)Cc3cnc4nc(N)nc(N)c4n3)cc2)C(=O)O)ccc1-c1c2cc(F)c(=O)cc-2oc2cc(O)c(F)cc12. The number of amides is 5. The molecule has 2 aliphatic rings. The van der Waals surface area contributed by atoms with Crippen LogP contribution in [0.15, 0.2) is 113 Å². The molecule has 594 valence electrons. The van der Waals surface area contributed by atoms with Gasteiger partial charge in [-0.05, 0) is 142 Å². The average molecular weight is 1560 g/mol. The van der Waals surface area contributed by atoms with Gasteiger partial charge in [0.05, 0.1) is 63.3 Å². The number of unbranched alkanes of at least 4 members (excludes halogenated alkanes) is 4.